The number of H-pyrrole nitrogens is 1. The van der Waals surface area contributed by atoms with Crippen molar-refractivity contribution in [3.8, 4) is 34.4 Å². The Hall–Kier alpha value is -2.60. The minimum Gasteiger partial charge on any atom is -0.493 e. The first kappa shape index (κ1) is 18.2. The van der Waals surface area contributed by atoms with Gasteiger partial charge in [-0.15, -0.1) is 0 Å². The van der Waals surface area contributed by atoms with Crippen LogP contribution in [0.3, 0.4) is 0 Å². The van der Waals surface area contributed by atoms with Crippen LogP contribution in [0, 0.1) is 0 Å². The molecule has 0 aliphatic rings. The number of nitrogens with one attached hydrogen (secondary N) is 1. The lowest BCUT2D eigenvalue weighted by molar-refractivity contribution is 0.288. The summed E-state index contributed by atoms with van der Waals surface area (Å²) in [5, 5.41) is 0.475. The molecule has 0 bridgehead atoms. The fourth-order valence-corrected chi connectivity index (χ4v) is 2.99. The summed E-state index contributed by atoms with van der Waals surface area (Å²) in [6.07, 6.45) is 0. The van der Waals surface area contributed by atoms with E-state index in [1.165, 1.54) is 0 Å². The largest absolute Gasteiger partial charge is 0.493 e. The van der Waals surface area contributed by atoms with Gasteiger partial charge in [0.05, 0.1) is 43.5 Å². The van der Waals surface area contributed by atoms with Gasteiger partial charge in [-0.2, -0.15) is 0 Å². The first-order valence-electron chi connectivity index (χ1n) is 8.32. The van der Waals surface area contributed by atoms with Crippen LogP contribution < -0.4 is 18.9 Å². The molecule has 1 N–H and O–H groups in total. The second-order valence-corrected chi connectivity index (χ2v) is 5.87. The van der Waals surface area contributed by atoms with Crippen LogP contribution in [0.25, 0.3) is 22.4 Å². The normalized spacial score (nSPS) is 10.8. The van der Waals surface area contributed by atoms with Crippen molar-refractivity contribution in [1.82, 2.24) is 9.97 Å². The summed E-state index contributed by atoms with van der Waals surface area (Å²) in [6.45, 7) is 4.83. The number of methoxy groups -OCH3 is 2. The SMILES string of the molecule is CCOc1cc(-c2nc3cc(OC)c(OC)cc3[nH]2)cc(Cl)c1OCC. The Kier molecular flexibility index (Phi) is 5.42. The molecule has 0 spiro atoms. The van der Waals surface area contributed by atoms with Gasteiger partial charge in [-0.05, 0) is 26.0 Å². The topological polar surface area (TPSA) is 65.6 Å². The summed E-state index contributed by atoms with van der Waals surface area (Å²) in [7, 11) is 3.19. The van der Waals surface area contributed by atoms with Gasteiger partial charge in [0.1, 0.15) is 5.82 Å². The predicted octanol–water partition coefficient (Wildman–Crippen LogP) is 4.70. The van der Waals surface area contributed by atoms with Crippen LogP contribution in [0.5, 0.6) is 23.0 Å². The smallest absolute Gasteiger partial charge is 0.179 e. The van der Waals surface area contributed by atoms with Crippen molar-refractivity contribution in [2.24, 2.45) is 0 Å². The Morgan fingerprint density at radius 2 is 1.62 bits per heavy atom. The summed E-state index contributed by atoms with van der Waals surface area (Å²) in [6, 6.07) is 7.35. The van der Waals surface area contributed by atoms with Gasteiger partial charge in [0.2, 0.25) is 0 Å². The molecule has 138 valence electrons. The highest BCUT2D eigenvalue weighted by Crippen LogP contribution is 2.40. The van der Waals surface area contributed by atoms with Crippen LogP contribution in [-0.4, -0.2) is 37.4 Å². The van der Waals surface area contributed by atoms with Crippen molar-refractivity contribution in [3.63, 3.8) is 0 Å². The number of aromatic amines is 1. The second kappa shape index (κ2) is 7.74. The van der Waals surface area contributed by atoms with E-state index < -0.39 is 0 Å². The first-order valence-corrected chi connectivity index (χ1v) is 8.70. The number of benzene rings is 2. The quantitative estimate of drug-likeness (QED) is 0.647. The van der Waals surface area contributed by atoms with E-state index in [4.69, 9.17) is 30.5 Å². The predicted molar refractivity (Wildman–Crippen MR) is 102 cm³/mol. The molecule has 0 radical (unpaired) electrons. The highest BCUT2D eigenvalue weighted by molar-refractivity contribution is 6.32. The summed E-state index contributed by atoms with van der Waals surface area (Å²) >= 11 is 6.41. The van der Waals surface area contributed by atoms with Gasteiger partial charge < -0.3 is 23.9 Å². The number of ether oxygens (including phenoxy) is 4. The highest BCUT2D eigenvalue weighted by Gasteiger charge is 2.16. The van der Waals surface area contributed by atoms with Crippen LogP contribution in [-0.2, 0) is 0 Å². The molecule has 0 fully saturated rings. The van der Waals surface area contributed by atoms with Gasteiger partial charge in [0.25, 0.3) is 0 Å². The van der Waals surface area contributed by atoms with E-state index in [0.717, 1.165) is 16.6 Å². The molecule has 0 saturated carbocycles. The summed E-state index contributed by atoms with van der Waals surface area (Å²) in [5.41, 5.74) is 2.40. The number of hydrogen-bond acceptors (Lipinski definition) is 5. The highest BCUT2D eigenvalue weighted by atomic mass is 35.5. The minimum atomic E-state index is 0.475. The van der Waals surface area contributed by atoms with Crippen LogP contribution in [0.1, 0.15) is 13.8 Å². The molecule has 0 aliphatic heterocycles. The number of rotatable bonds is 7. The number of imidazole rings is 1. The van der Waals surface area contributed by atoms with E-state index in [1.54, 1.807) is 20.3 Å². The first-order chi connectivity index (χ1) is 12.6. The minimum absolute atomic E-state index is 0.475. The average Bonchev–Trinajstić information content (AvgIpc) is 3.06. The number of nitrogens with zero attached hydrogens (tertiary/aromatic N) is 1. The molecular formula is C19H21ClN2O4. The maximum atomic E-state index is 6.41. The molecule has 6 nitrogen and oxygen atoms in total. The molecule has 0 unspecified atom stereocenters. The number of hydrogen-bond donors (Lipinski definition) is 1. The molecule has 1 aromatic heterocycles. The molecular weight excluding hydrogens is 356 g/mol. The van der Waals surface area contributed by atoms with E-state index in [2.05, 4.69) is 9.97 Å². The monoisotopic (exact) mass is 376 g/mol. The Balaban J connectivity index is 2.10. The fraction of sp³-hybridized carbons (Fsp3) is 0.316. The lowest BCUT2D eigenvalue weighted by Crippen LogP contribution is -1.99. The van der Waals surface area contributed by atoms with Gasteiger partial charge in [-0.1, -0.05) is 11.6 Å². The van der Waals surface area contributed by atoms with Gasteiger partial charge >= 0.3 is 0 Å². The Bertz CT molecular complexity index is 883. The van der Waals surface area contributed by atoms with Crippen molar-refractivity contribution in [3.05, 3.63) is 29.3 Å². The van der Waals surface area contributed by atoms with E-state index in [1.807, 2.05) is 32.0 Å². The van der Waals surface area contributed by atoms with Gasteiger partial charge in [0.15, 0.2) is 23.0 Å². The summed E-state index contributed by atoms with van der Waals surface area (Å²) in [4.78, 5) is 7.92. The van der Waals surface area contributed by atoms with E-state index in [0.29, 0.717) is 47.1 Å². The van der Waals surface area contributed by atoms with Crippen LogP contribution in [0.15, 0.2) is 24.3 Å². The zero-order chi connectivity index (χ0) is 18.7. The molecule has 1 heterocycles. The zero-order valence-electron chi connectivity index (χ0n) is 15.2. The molecule has 0 saturated heterocycles. The number of aromatic nitrogens is 2. The van der Waals surface area contributed by atoms with Crippen molar-refractivity contribution in [2.45, 2.75) is 13.8 Å². The molecule has 0 amide bonds. The molecule has 2 aromatic carbocycles. The van der Waals surface area contributed by atoms with E-state index in [9.17, 15) is 0 Å². The maximum absolute atomic E-state index is 6.41. The molecule has 3 rings (SSSR count). The Morgan fingerprint density at radius 3 is 2.27 bits per heavy atom. The van der Waals surface area contributed by atoms with Crippen molar-refractivity contribution in [1.29, 1.82) is 0 Å². The number of halogens is 1. The fourth-order valence-electron chi connectivity index (χ4n) is 2.73. The lowest BCUT2D eigenvalue weighted by atomic mass is 10.2. The molecule has 3 aromatic rings. The van der Waals surface area contributed by atoms with Gasteiger partial charge in [-0.3, -0.25) is 0 Å². The Morgan fingerprint density at radius 1 is 0.923 bits per heavy atom. The third kappa shape index (κ3) is 3.37. The van der Waals surface area contributed by atoms with Crippen molar-refractivity contribution in [2.75, 3.05) is 27.4 Å². The van der Waals surface area contributed by atoms with Crippen LogP contribution >= 0.6 is 11.6 Å². The van der Waals surface area contributed by atoms with Crippen molar-refractivity contribution >= 4 is 22.6 Å². The van der Waals surface area contributed by atoms with E-state index >= 15 is 0 Å². The van der Waals surface area contributed by atoms with Crippen molar-refractivity contribution < 1.29 is 18.9 Å². The summed E-state index contributed by atoms with van der Waals surface area (Å²) < 4.78 is 22.0. The summed E-state index contributed by atoms with van der Waals surface area (Å²) in [5.74, 6) is 3.06. The third-order valence-electron chi connectivity index (χ3n) is 3.86. The van der Waals surface area contributed by atoms with E-state index in [-0.39, 0.29) is 0 Å². The van der Waals surface area contributed by atoms with Gasteiger partial charge in [-0.25, -0.2) is 4.98 Å². The van der Waals surface area contributed by atoms with Gasteiger partial charge in [0, 0.05) is 17.7 Å². The third-order valence-corrected chi connectivity index (χ3v) is 4.14. The second-order valence-electron chi connectivity index (χ2n) is 5.46. The lowest BCUT2D eigenvalue weighted by Gasteiger charge is -2.13. The molecule has 26 heavy (non-hydrogen) atoms. The molecule has 0 aliphatic carbocycles. The van der Waals surface area contributed by atoms with Crippen LogP contribution in [0.2, 0.25) is 5.02 Å². The maximum Gasteiger partial charge on any atom is 0.179 e. The Labute approximate surface area is 157 Å². The zero-order valence-corrected chi connectivity index (χ0v) is 15.9. The average molecular weight is 377 g/mol. The standard InChI is InChI=1S/C19H21ClN2O4/c1-5-25-17-8-11(7-12(20)18(17)26-6-2)19-21-13-9-15(23-3)16(24-4)10-14(13)22-19/h7-10H,5-6H2,1-4H3,(H,21,22). The number of fused-ring (bicyclic) bond motifs is 1. The molecule has 0 atom stereocenters. The van der Waals surface area contributed by atoms with Crippen LogP contribution in [0.4, 0.5) is 0 Å². The molecule has 7 heteroatoms.